The molecule has 0 heterocycles. The van der Waals surface area contributed by atoms with Gasteiger partial charge in [-0.3, -0.25) is 0 Å². The van der Waals surface area contributed by atoms with Crippen LogP contribution in [0.2, 0.25) is 0 Å². The molecule has 0 bridgehead atoms. The average Bonchev–Trinajstić information content (AvgIpc) is 2.00. The van der Waals surface area contributed by atoms with Crippen molar-refractivity contribution in [3.05, 3.63) is 0 Å². The van der Waals surface area contributed by atoms with Gasteiger partial charge in [-0.2, -0.15) is 8.42 Å². The molecule has 0 saturated heterocycles. The Balaban J connectivity index is 5.94. The monoisotopic (exact) mass is 250 g/mol. The van der Waals surface area contributed by atoms with Gasteiger partial charge in [0.05, 0.1) is 18.1 Å². The van der Waals surface area contributed by atoms with Crippen molar-refractivity contribution in [3.8, 4) is 0 Å². The van der Waals surface area contributed by atoms with E-state index in [2.05, 4.69) is 0 Å². The van der Waals surface area contributed by atoms with Crippen LogP contribution in [0.25, 0.3) is 0 Å². The Bertz CT molecular complexity index is 294. The van der Waals surface area contributed by atoms with Gasteiger partial charge in [0.2, 0.25) is 0 Å². The summed E-state index contributed by atoms with van der Waals surface area (Å²) in [6.07, 6.45) is 0. The summed E-state index contributed by atoms with van der Waals surface area (Å²) < 4.78 is 25.5. The molecule has 0 aliphatic rings. The van der Waals surface area contributed by atoms with Crippen molar-refractivity contribution < 1.29 is 12.3 Å². The van der Waals surface area contributed by atoms with E-state index in [1.807, 2.05) is 41.5 Å². The van der Waals surface area contributed by atoms with E-state index in [9.17, 15) is 8.42 Å². The maximum absolute atomic E-state index is 12.6. The molecule has 0 aliphatic heterocycles. The first kappa shape index (κ1) is 15.9. The van der Waals surface area contributed by atoms with Gasteiger partial charge in [0.15, 0.2) is 0 Å². The van der Waals surface area contributed by atoms with Crippen molar-refractivity contribution in [1.82, 2.24) is 0 Å². The maximum atomic E-state index is 12.6. The second-order valence-electron chi connectivity index (χ2n) is 5.61. The lowest BCUT2D eigenvalue weighted by Crippen LogP contribution is -2.66. The van der Waals surface area contributed by atoms with Crippen LogP contribution in [0, 0.1) is 0 Å². The fourth-order valence-corrected chi connectivity index (χ4v) is 5.53. The molecule has 0 aromatic rings. The zero-order chi connectivity index (χ0) is 13.3. The van der Waals surface area contributed by atoms with Gasteiger partial charge in [-0.15, -0.1) is 0 Å². The third-order valence-electron chi connectivity index (χ3n) is 3.46. The van der Waals surface area contributed by atoms with Gasteiger partial charge in [-0.1, -0.05) is 0 Å². The molecular weight excluding hydrogens is 222 g/mol. The Morgan fingerprint density at radius 1 is 0.688 bits per heavy atom. The fraction of sp³-hybridized carbons (Fsp3) is 1.00. The lowest BCUT2D eigenvalue weighted by atomic mass is 10.2. The number of hydrogen-bond donors (Lipinski definition) is 0. The van der Waals surface area contributed by atoms with Crippen LogP contribution in [0.1, 0.15) is 55.4 Å². The first-order valence-corrected chi connectivity index (χ1v) is 7.65. The standard InChI is InChI=1S/C12H28NO2S/c1-9(2)13(10(3)4,11(5)6)16(14,15)12(7)8/h9-12H,1-8H3/q+1. The van der Waals surface area contributed by atoms with Crippen LogP contribution in [0.4, 0.5) is 0 Å². The van der Waals surface area contributed by atoms with E-state index in [0.29, 0.717) is 0 Å². The Hall–Kier alpha value is -0.0900. The second-order valence-corrected chi connectivity index (χ2v) is 8.21. The van der Waals surface area contributed by atoms with E-state index < -0.39 is 10.0 Å². The van der Waals surface area contributed by atoms with E-state index in [-0.39, 0.29) is 27.3 Å². The molecule has 4 heteroatoms. The highest BCUT2D eigenvalue weighted by Gasteiger charge is 2.50. The van der Waals surface area contributed by atoms with Gasteiger partial charge in [0, 0.05) is 0 Å². The van der Waals surface area contributed by atoms with E-state index in [1.54, 1.807) is 13.8 Å². The summed E-state index contributed by atoms with van der Waals surface area (Å²) in [5, 5.41) is -0.334. The summed E-state index contributed by atoms with van der Waals surface area (Å²) in [5.74, 6) is 0. The largest absolute Gasteiger partial charge is 0.300 e. The molecule has 0 aromatic heterocycles. The van der Waals surface area contributed by atoms with Gasteiger partial charge in [-0.05, 0) is 55.4 Å². The molecule has 0 fully saturated rings. The minimum Gasteiger partial charge on any atom is -0.212 e. The molecule has 0 amide bonds. The molecule has 3 nitrogen and oxygen atoms in total. The average molecular weight is 250 g/mol. The molecule has 0 aromatic carbocycles. The maximum Gasteiger partial charge on any atom is 0.300 e. The first-order valence-electron chi connectivity index (χ1n) is 6.15. The van der Waals surface area contributed by atoms with Gasteiger partial charge >= 0.3 is 0 Å². The summed E-state index contributed by atoms with van der Waals surface area (Å²) in [6, 6.07) is 0.229. The molecule has 16 heavy (non-hydrogen) atoms. The molecule has 0 atom stereocenters. The zero-order valence-electron chi connectivity index (χ0n) is 12.0. The van der Waals surface area contributed by atoms with Crippen molar-refractivity contribution in [1.29, 1.82) is 0 Å². The van der Waals surface area contributed by atoms with Crippen molar-refractivity contribution in [3.63, 3.8) is 0 Å². The lowest BCUT2D eigenvalue weighted by molar-refractivity contribution is -0.872. The van der Waals surface area contributed by atoms with Crippen LogP contribution in [-0.4, -0.2) is 35.7 Å². The normalized spacial score (nSPS) is 14.5. The van der Waals surface area contributed by atoms with E-state index in [1.165, 1.54) is 0 Å². The van der Waals surface area contributed by atoms with Gasteiger partial charge < -0.3 is 0 Å². The number of nitrogens with zero attached hydrogens (tertiary/aromatic N) is 1. The van der Waals surface area contributed by atoms with Crippen LogP contribution < -0.4 is 0 Å². The topological polar surface area (TPSA) is 34.1 Å². The predicted octanol–water partition coefficient (Wildman–Crippen LogP) is 2.77. The highest BCUT2D eigenvalue weighted by molar-refractivity contribution is 7.86. The van der Waals surface area contributed by atoms with E-state index >= 15 is 0 Å². The lowest BCUT2D eigenvalue weighted by Gasteiger charge is -2.48. The van der Waals surface area contributed by atoms with Crippen molar-refractivity contribution in [2.45, 2.75) is 78.8 Å². The van der Waals surface area contributed by atoms with Gasteiger partial charge in [0.25, 0.3) is 10.0 Å². The number of rotatable bonds is 5. The second kappa shape index (κ2) is 5.05. The van der Waals surface area contributed by atoms with E-state index in [0.717, 1.165) is 0 Å². The van der Waals surface area contributed by atoms with Crippen LogP contribution in [-0.2, 0) is 10.0 Å². The molecule has 0 N–H and O–H groups in total. The van der Waals surface area contributed by atoms with Crippen LogP contribution >= 0.6 is 0 Å². The number of hydrogen-bond acceptors (Lipinski definition) is 2. The molecule has 0 aliphatic carbocycles. The highest BCUT2D eigenvalue weighted by Crippen LogP contribution is 2.32. The summed E-state index contributed by atoms with van der Waals surface area (Å²) in [4.78, 5) is 0. The van der Waals surface area contributed by atoms with Crippen molar-refractivity contribution >= 4 is 10.0 Å². The van der Waals surface area contributed by atoms with E-state index in [4.69, 9.17) is 0 Å². The van der Waals surface area contributed by atoms with Crippen LogP contribution in [0.3, 0.4) is 0 Å². The smallest absolute Gasteiger partial charge is 0.212 e. The molecule has 0 saturated carbocycles. The van der Waals surface area contributed by atoms with Crippen LogP contribution in [0.5, 0.6) is 0 Å². The SMILES string of the molecule is CC(C)[N+](C(C)C)(C(C)C)S(=O)(=O)C(C)C. The summed E-state index contributed by atoms with van der Waals surface area (Å²) in [6.45, 7) is 15.5. The van der Waals surface area contributed by atoms with Crippen molar-refractivity contribution in [2.75, 3.05) is 0 Å². The Morgan fingerprint density at radius 2 is 0.938 bits per heavy atom. The quantitative estimate of drug-likeness (QED) is 0.703. The van der Waals surface area contributed by atoms with Gasteiger partial charge in [-0.25, -0.2) is 3.89 Å². The Kier molecular flexibility index (Phi) is 5.02. The summed E-state index contributed by atoms with van der Waals surface area (Å²) >= 11 is 0. The minimum atomic E-state index is -3.16. The predicted molar refractivity (Wildman–Crippen MR) is 69.7 cm³/mol. The third kappa shape index (κ3) is 2.14. The van der Waals surface area contributed by atoms with Gasteiger partial charge in [0.1, 0.15) is 5.25 Å². The molecule has 0 unspecified atom stereocenters. The third-order valence-corrected chi connectivity index (χ3v) is 6.80. The minimum absolute atomic E-state index is 0.0763. The highest BCUT2D eigenvalue weighted by atomic mass is 32.2. The Morgan fingerprint density at radius 3 is 1.00 bits per heavy atom. The first-order chi connectivity index (χ1) is 7.02. The molecular formula is C12H28NO2S+. The fourth-order valence-electron chi connectivity index (χ4n) is 3.04. The Labute approximate surface area is 101 Å². The zero-order valence-corrected chi connectivity index (χ0v) is 12.8. The molecule has 98 valence electrons. The van der Waals surface area contributed by atoms with Crippen molar-refractivity contribution in [2.24, 2.45) is 0 Å². The summed E-state index contributed by atoms with van der Waals surface area (Å²) in [7, 11) is -3.16. The number of quaternary nitrogens is 1. The molecule has 0 spiro atoms. The summed E-state index contributed by atoms with van der Waals surface area (Å²) in [5.41, 5.74) is 0. The molecule has 0 rings (SSSR count). The van der Waals surface area contributed by atoms with Crippen LogP contribution in [0.15, 0.2) is 0 Å². The number of sulfonamides is 1. The molecule has 0 radical (unpaired) electrons.